The van der Waals surface area contributed by atoms with Gasteiger partial charge in [-0.25, -0.2) is 9.97 Å². The number of carbonyl (C=O) groups is 1. The molecule has 0 atom stereocenters. The van der Waals surface area contributed by atoms with Gasteiger partial charge in [0.25, 0.3) is 0 Å². The number of piperidine rings is 1. The Morgan fingerprint density at radius 2 is 1.53 bits per heavy atom. The number of carbonyl (C=O) groups excluding carboxylic acids is 1. The van der Waals surface area contributed by atoms with Crippen LogP contribution < -0.4 is 20.4 Å². The van der Waals surface area contributed by atoms with E-state index in [0.29, 0.717) is 6.54 Å². The number of hydrogen-bond donors (Lipinski definition) is 2. The zero-order chi connectivity index (χ0) is 32.0. The molecule has 2 aliphatic rings. The highest BCUT2D eigenvalue weighted by molar-refractivity contribution is 5.93. The summed E-state index contributed by atoms with van der Waals surface area (Å²) in [7, 11) is 0. The van der Waals surface area contributed by atoms with Crippen molar-refractivity contribution >= 4 is 40.1 Å². The molecule has 2 aliphatic heterocycles. The highest BCUT2D eigenvalue weighted by atomic mass is 16.1. The summed E-state index contributed by atoms with van der Waals surface area (Å²) in [4.78, 5) is 34.6. The highest BCUT2D eigenvalue weighted by Gasteiger charge is 2.25. The monoisotopic (exact) mass is 626 g/mol. The fraction of sp³-hybridized carbons (Fsp3) is 0.316. The third-order valence-corrected chi connectivity index (χ3v) is 9.26. The normalized spacial score (nSPS) is 15.9. The zero-order valence-corrected chi connectivity index (χ0v) is 27.0. The molecule has 2 saturated heterocycles. The molecular weight excluding hydrogens is 584 g/mol. The number of piperazine rings is 1. The largest absolute Gasteiger partial charge is 0.365 e. The molecule has 2 aromatic heterocycles. The zero-order valence-electron chi connectivity index (χ0n) is 27.0. The fourth-order valence-electron chi connectivity index (χ4n) is 6.51. The third kappa shape index (κ3) is 7.52. The van der Waals surface area contributed by atoms with Gasteiger partial charge < -0.3 is 20.4 Å². The Morgan fingerprint density at radius 3 is 2.28 bits per heavy atom. The molecule has 240 valence electrons. The number of amides is 1. The minimum absolute atomic E-state index is 0.0463. The summed E-state index contributed by atoms with van der Waals surface area (Å²) in [6.45, 7) is 8.92. The van der Waals surface area contributed by atoms with Gasteiger partial charge in [0.15, 0.2) is 0 Å². The van der Waals surface area contributed by atoms with Crippen LogP contribution in [0.15, 0.2) is 97.2 Å². The molecule has 5 aromatic rings. The lowest BCUT2D eigenvalue weighted by atomic mass is 9.95. The number of rotatable bonds is 9. The van der Waals surface area contributed by atoms with Gasteiger partial charge in [-0.05, 0) is 80.4 Å². The lowest BCUT2D eigenvalue weighted by Crippen LogP contribution is -2.47. The van der Waals surface area contributed by atoms with Crippen molar-refractivity contribution in [3.05, 3.63) is 114 Å². The van der Waals surface area contributed by atoms with Crippen LogP contribution in [0, 0.1) is 12.8 Å². The van der Waals surface area contributed by atoms with E-state index in [1.165, 1.54) is 11.1 Å². The Kier molecular flexibility index (Phi) is 9.24. The summed E-state index contributed by atoms with van der Waals surface area (Å²) < 4.78 is 0. The van der Waals surface area contributed by atoms with E-state index in [2.05, 4.69) is 97.9 Å². The molecular formula is C38H42N8O. The van der Waals surface area contributed by atoms with Crippen molar-refractivity contribution in [2.75, 3.05) is 59.7 Å². The van der Waals surface area contributed by atoms with Crippen molar-refractivity contribution in [2.24, 2.45) is 5.92 Å². The number of benzene rings is 3. The quantitative estimate of drug-likeness (QED) is 0.202. The highest BCUT2D eigenvalue weighted by Crippen LogP contribution is 2.27. The van der Waals surface area contributed by atoms with Gasteiger partial charge in [-0.3, -0.25) is 9.69 Å². The molecule has 0 aliphatic carbocycles. The Labute approximate surface area is 276 Å². The maximum Gasteiger partial charge on any atom is 0.228 e. The van der Waals surface area contributed by atoms with Gasteiger partial charge in [0.05, 0.1) is 5.52 Å². The van der Waals surface area contributed by atoms with Gasteiger partial charge >= 0.3 is 0 Å². The number of nitrogens with zero attached hydrogens (tertiary/aromatic N) is 6. The molecule has 47 heavy (non-hydrogen) atoms. The van der Waals surface area contributed by atoms with Crippen LogP contribution in [0.2, 0.25) is 0 Å². The molecule has 0 spiro atoms. The van der Waals surface area contributed by atoms with E-state index in [4.69, 9.17) is 9.97 Å². The van der Waals surface area contributed by atoms with Gasteiger partial charge in [-0.1, -0.05) is 60.2 Å². The Hall–Kier alpha value is -5.02. The molecule has 4 heterocycles. The van der Waals surface area contributed by atoms with Gasteiger partial charge in [-0.2, -0.15) is 4.98 Å². The van der Waals surface area contributed by atoms with E-state index >= 15 is 0 Å². The van der Waals surface area contributed by atoms with Crippen LogP contribution in [-0.2, 0) is 17.9 Å². The molecule has 1 amide bonds. The molecule has 0 unspecified atom stereocenters. The van der Waals surface area contributed by atoms with Crippen molar-refractivity contribution in [3.63, 3.8) is 0 Å². The summed E-state index contributed by atoms with van der Waals surface area (Å²) in [5.74, 6) is 2.75. The van der Waals surface area contributed by atoms with Crippen LogP contribution in [-0.4, -0.2) is 65.0 Å². The van der Waals surface area contributed by atoms with E-state index in [9.17, 15) is 4.79 Å². The number of aromatic nitrogens is 3. The number of fused-ring (bicyclic) bond motifs is 1. The first-order valence-electron chi connectivity index (χ1n) is 16.7. The first kappa shape index (κ1) is 30.6. The molecule has 0 saturated carbocycles. The van der Waals surface area contributed by atoms with Crippen LogP contribution in [0.5, 0.6) is 0 Å². The molecule has 9 heteroatoms. The van der Waals surface area contributed by atoms with Crippen LogP contribution >= 0.6 is 0 Å². The van der Waals surface area contributed by atoms with E-state index in [-0.39, 0.29) is 11.8 Å². The topological polar surface area (TPSA) is 89.5 Å². The van der Waals surface area contributed by atoms with Crippen LogP contribution in [0.1, 0.15) is 29.5 Å². The standard InChI is InChI=1S/C38H42N8O/c1-28-10-15-34-33(25-28)36(43-38(42-34)46-23-21-45(22-24-46)35-9-5-6-18-39-35)40-26-29-11-13-32(14-12-29)41-37(47)31-16-19-44(20-17-31)27-30-7-3-2-4-8-30/h2-15,18,25,31H,16-17,19-24,26-27H2,1H3,(H,41,47)(H,40,42,43). The first-order valence-corrected chi connectivity index (χ1v) is 16.7. The average molecular weight is 627 g/mol. The second kappa shape index (κ2) is 14.2. The summed E-state index contributed by atoms with van der Waals surface area (Å²) >= 11 is 0. The maximum absolute atomic E-state index is 13.1. The van der Waals surface area contributed by atoms with Gasteiger partial charge in [0.2, 0.25) is 11.9 Å². The predicted octanol–water partition coefficient (Wildman–Crippen LogP) is 6.12. The van der Waals surface area contributed by atoms with Crippen LogP contribution in [0.4, 0.5) is 23.3 Å². The van der Waals surface area contributed by atoms with Gasteiger partial charge in [-0.15, -0.1) is 0 Å². The first-order chi connectivity index (χ1) is 23.1. The summed E-state index contributed by atoms with van der Waals surface area (Å²) in [5.41, 5.74) is 5.37. The minimum Gasteiger partial charge on any atom is -0.365 e. The van der Waals surface area contributed by atoms with Crippen LogP contribution in [0.3, 0.4) is 0 Å². The third-order valence-electron chi connectivity index (χ3n) is 9.26. The average Bonchev–Trinajstić information content (AvgIpc) is 3.12. The predicted molar refractivity (Wildman–Crippen MR) is 190 cm³/mol. The van der Waals surface area contributed by atoms with Crippen molar-refractivity contribution in [2.45, 2.75) is 32.9 Å². The molecule has 7 rings (SSSR count). The number of pyridine rings is 1. The Morgan fingerprint density at radius 1 is 0.787 bits per heavy atom. The van der Waals surface area contributed by atoms with Crippen molar-refractivity contribution in [3.8, 4) is 0 Å². The fourth-order valence-corrected chi connectivity index (χ4v) is 6.51. The molecule has 2 fully saturated rings. The maximum atomic E-state index is 13.1. The molecule has 0 radical (unpaired) electrons. The number of likely N-dealkylation sites (tertiary alicyclic amines) is 1. The molecule has 0 bridgehead atoms. The Balaban J connectivity index is 0.955. The van der Waals surface area contributed by atoms with E-state index in [1.807, 2.05) is 36.5 Å². The molecule has 9 nitrogen and oxygen atoms in total. The number of nitrogens with one attached hydrogen (secondary N) is 2. The summed E-state index contributed by atoms with van der Waals surface area (Å²) in [5, 5.41) is 7.76. The minimum atomic E-state index is 0.0463. The molecule has 3 aromatic carbocycles. The SMILES string of the molecule is Cc1ccc2nc(N3CCN(c4ccccn4)CC3)nc(NCc3ccc(NC(=O)C4CCN(Cc5ccccc5)CC4)cc3)c2c1. The van der Waals surface area contributed by atoms with E-state index in [0.717, 1.165) is 98.4 Å². The van der Waals surface area contributed by atoms with E-state index in [1.54, 1.807) is 0 Å². The summed E-state index contributed by atoms with van der Waals surface area (Å²) in [6, 6.07) is 31.0. The number of aryl methyl sites for hydroxylation is 1. The lowest BCUT2D eigenvalue weighted by molar-refractivity contribution is -0.121. The summed E-state index contributed by atoms with van der Waals surface area (Å²) in [6.07, 6.45) is 3.61. The molecule has 2 N–H and O–H groups in total. The van der Waals surface area contributed by atoms with Crippen molar-refractivity contribution < 1.29 is 4.79 Å². The van der Waals surface area contributed by atoms with Crippen molar-refractivity contribution in [1.29, 1.82) is 0 Å². The second-order valence-electron chi connectivity index (χ2n) is 12.6. The van der Waals surface area contributed by atoms with Crippen LogP contribution in [0.25, 0.3) is 10.9 Å². The van der Waals surface area contributed by atoms with Crippen molar-refractivity contribution in [1.82, 2.24) is 19.9 Å². The number of anilines is 4. The smallest absolute Gasteiger partial charge is 0.228 e. The number of hydrogen-bond acceptors (Lipinski definition) is 8. The lowest BCUT2D eigenvalue weighted by Gasteiger charge is -2.35. The van der Waals surface area contributed by atoms with Gasteiger partial charge in [0.1, 0.15) is 11.6 Å². The van der Waals surface area contributed by atoms with Gasteiger partial charge in [0, 0.05) is 62.5 Å². The second-order valence-corrected chi connectivity index (χ2v) is 12.6. The van der Waals surface area contributed by atoms with E-state index < -0.39 is 0 Å². The Bertz CT molecular complexity index is 1780.